The minimum absolute atomic E-state index is 0. The SMILES string of the molecule is Cc1cc2nc3c4[c-]ccc(-c5cc6c7c(c5)c5ccccc5n7-c5ccccc5C6(c5ccccc5)c5ccccc5)c4nc(C(C)(C)C)n3c2cc1C.[Ir]. The molecule has 0 saturated carbocycles. The molecule has 0 N–H and O–H groups in total. The van der Waals surface area contributed by atoms with Crippen molar-refractivity contribution < 1.29 is 20.1 Å². The van der Waals surface area contributed by atoms with Gasteiger partial charge in [0.25, 0.3) is 0 Å². The smallest absolute Gasteiger partial charge is 0.102 e. The van der Waals surface area contributed by atoms with Crippen molar-refractivity contribution in [3.63, 3.8) is 0 Å². The van der Waals surface area contributed by atoms with Crippen molar-refractivity contribution in [2.45, 2.75) is 45.4 Å². The zero-order valence-corrected chi connectivity index (χ0v) is 34.4. The van der Waals surface area contributed by atoms with Crippen LogP contribution in [0.3, 0.4) is 0 Å². The Bertz CT molecular complexity index is 3160. The largest absolute Gasteiger partial charge is 0.321 e. The van der Waals surface area contributed by atoms with Crippen molar-refractivity contribution in [3.8, 4) is 16.8 Å². The van der Waals surface area contributed by atoms with Crippen LogP contribution in [0.1, 0.15) is 60.0 Å². The van der Waals surface area contributed by atoms with Crippen molar-refractivity contribution >= 4 is 49.4 Å². The number of hydrogen-bond donors (Lipinski definition) is 0. The van der Waals surface area contributed by atoms with Gasteiger partial charge >= 0.3 is 0 Å². The molecule has 1 aliphatic rings. The Hall–Kier alpha value is -5.87. The van der Waals surface area contributed by atoms with Gasteiger partial charge in [-0.3, -0.25) is 9.97 Å². The zero-order chi connectivity index (χ0) is 37.2. The van der Waals surface area contributed by atoms with E-state index in [0.29, 0.717) is 0 Å². The normalized spacial score (nSPS) is 13.4. The summed E-state index contributed by atoms with van der Waals surface area (Å²) >= 11 is 0. The molecule has 0 atom stereocenters. The Balaban J connectivity index is 0.00000384. The number of aromatic nitrogens is 4. The predicted molar refractivity (Wildman–Crippen MR) is 227 cm³/mol. The topological polar surface area (TPSA) is 35.1 Å². The van der Waals surface area contributed by atoms with Gasteiger partial charge in [0.15, 0.2) is 0 Å². The Morgan fingerprint density at radius 3 is 2.02 bits per heavy atom. The van der Waals surface area contributed by atoms with Crippen LogP contribution < -0.4 is 0 Å². The number of para-hydroxylation sites is 2. The van der Waals surface area contributed by atoms with Gasteiger partial charge in [0, 0.05) is 36.3 Å². The van der Waals surface area contributed by atoms with Gasteiger partial charge in [0.2, 0.25) is 0 Å². The second-order valence-electron chi connectivity index (χ2n) is 16.3. The summed E-state index contributed by atoms with van der Waals surface area (Å²) in [5, 5.41) is 3.38. The fraction of sp³-hybridized carbons (Fsp3) is 0.137. The van der Waals surface area contributed by atoms with Gasteiger partial charge in [0.1, 0.15) is 5.82 Å². The molecule has 0 aliphatic carbocycles. The molecule has 1 radical (unpaired) electrons. The van der Waals surface area contributed by atoms with E-state index in [1.807, 2.05) is 0 Å². The summed E-state index contributed by atoms with van der Waals surface area (Å²) in [6.07, 6.45) is 0. The van der Waals surface area contributed by atoms with Crippen LogP contribution in [0.2, 0.25) is 0 Å². The average Bonchev–Trinajstić information content (AvgIpc) is 3.74. The first-order valence-electron chi connectivity index (χ1n) is 19.2. The number of fused-ring (bicyclic) bond motifs is 10. The molecule has 4 heterocycles. The molecule has 0 unspecified atom stereocenters. The van der Waals surface area contributed by atoms with E-state index in [1.165, 1.54) is 60.9 Å². The van der Waals surface area contributed by atoms with E-state index in [1.54, 1.807) is 0 Å². The minimum atomic E-state index is -0.595. The van der Waals surface area contributed by atoms with Crippen molar-refractivity contribution in [3.05, 3.63) is 191 Å². The quantitative estimate of drug-likeness (QED) is 0.166. The van der Waals surface area contributed by atoms with E-state index in [-0.39, 0.29) is 25.5 Å². The molecular weight excluding hydrogens is 861 g/mol. The molecule has 3 aromatic heterocycles. The zero-order valence-electron chi connectivity index (χ0n) is 32.0. The van der Waals surface area contributed by atoms with E-state index in [9.17, 15) is 0 Å². The van der Waals surface area contributed by atoms with E-state index in [0.717, 1.165) is 44.5 Å². The molecule has 11 rings (SSSR count). The van der Waals surface area contributed by atoms with Crippen molar-refractivity contribution in [2.24, 2.45) is 0 Å². The molecule has 4 nitrogen and oxygen atoms in total. The van der Waals surface area contributed by atoms with E-state index >= 15 is 0 Å². The van der Waals surface area contributed by atoms with Crippen molar-refractivity contribution in [1.82, 2.24) is 18.9 Å². The van der Waals surface area contributed by atoms with Gasteiger partial charge < -0.3 is 8.97 Å². The van der Waals surface area contributed by atoms with Gasteiger partial charge in [-0.05, 0) is 94.7 Å². The maximum absolute atomic E-state index is 5.62. The first kappa shape index (κ1) is 34.6. The van der Waals surface area contributed by atoms with Crippen LogP contribution in [0.4, 0.5) is 0 Å². The summed E-state index contributed by atoms with van der Waals surface area (Å²) in [7, 11) is 0. The van der Waals surface area contributed by atoms with Crippen LogP contribution in [0, 0.1) is 19.9 Å². The molecule has 56 heavy (non-hydrogen) atoms. The third-order valence-electron chi connectivity index (χ3n) is 12.0. The molecular formula is C51H39IrN4-. The van der Waals surface area contributed by atoms with Crippen LogP contribution in [0.25, 0.3) is 66.2 Å². The summed E-state index contributed by atoms with van der Waals surface area (Å²) < 4.78 is 4.78. The van der Waals surface area contributed by atoms with Gasteiger partial charge in [-0.15, -0.1) is 18.2 Å². The van der Waals surface area contributed by atoms with Gasteiger partial charge in [-0.2, -0.15) is 0 Å². The molecule has 5 heteroatoms. The van der Waals surface area contributed by atoms with Gasteiger partial charge in [-0.25, -0.2) is 0 Å². The van der Waals surface area contributed by atoms with E-state index < -0.39 is 5.41 Å². The first-order chi connectivity index (χ1) is 26.7. The number of nitrogens with zero attached hydrogens (tertiary/aromatic N) is 4. The molecule has 1 aliphatic heterocycles. The van der Waals surface area contributed by atoms with Crippen LogP contribution in [0.5, 0.6) is 0 Å². The molecule has 0 amide bonds. The average molecular weight is 900 g/mol. The molecule has 10 aromatic rings. The maximum atomic E-state index is 5.62. The third-order valence-corrected chi connectivity index (χ3v) is 12.0. The van der Waals surface area contributed by atoms with Crippen molar-refractivity contribution in [2.75, 3.05) is 0 Å². The number of benzene rings is 7. The Morgan fingerprint density at radius 2 is 1.29 bits per heavy atom. The number of rotatable bonds is 3. The van der Waals surface area contributed by atoms with Crippen LogP contribution in [-0.2, 0) is 30.9 Å². The summed E-state index contributed by atoms with van der Waals surface area (Å²) in [6.45, 7) is 11.1. The first-order valence-corrected chi connectivity index (χ1v) is 19.2. The van der Waals surface area contributed by atoms with Crippen LogP contribution in [0.15, 0.2) is 146 Å². The fourth-order valence-electron chi connectivity index (χ4n) is 9.47. The third kappa shape index (κ3) is 4.62. The number of aryl methyl sites for hydroxylation is 2. The predicted octanol–water partition coefficient (Wildman–Crippen LogP) is 12.2. The summed E-state index contributed by atoms with van der Waals surface area (Å²) in [5.41, 5.74) is 16.3. The number of hydrogen-bond acceptors (Lipinski definition) is 2. The van der Waals surface area contributed by atoms with Gasteiger partial charge in [-0.1, -0.05) is 129 Å². The van der Waals surface area contributed by atoms with Gasteiger partial charge in [0.05, 0.1) is 38.8 Å². The molecule has 7 aromatic carbocycles. The van der Waals surface area contributed by atoms with E-state index in [4.69, 9.17) is 9.97 Å². The molecule has 0 fully saturated rings. The minimum Gasteiger partial charge on any atom is -0.321 e. The van der Waals surface area contributed by atoms with Crippen LogP contribution >= 0.6 is 0 Å². The van der Waals surface area contributed by atoms with Crippen LogP contribution in [-0.4, -0.2) is 18.9 Å². The second-order valence-corrected chi connectivity index (χ2v) is 16.3. The molecule has 273 valence electrons. The molecule has 0 bridgehead atoms. The summed E-state index contributed by atoms with van der Waals surface area (Å²) in [5.74, 6) is 0.984. The fourth-order valence-corrected chi connectivity index (χ4v) is 9.47. The summed E-state index contributed by atoms with van der Waals surface area (Å²) in [6, 6.07) is 57.2. The Morgan fingerprint density at radius 1 is 0.625 bits per heavy atom. The monoisotopic (exact) mass is 900 g/mol. The van der Waals surface area contributed by atoms with Crippen molar-refractivity contribution in [1.29, 1.82) is 0 Å². The molecule has 0 saturated heterocycles. The Kier molecular flexibility index (Phi) is 7.61. The molecule has 0 spiro atoms. The maximum Gasteiger partial charge on any atom is 0.102 e. The van der Waals surface area contributed by atoms with E-state index in [2.05, 4.69) is 195 Å². The number of imidazole rings is 1. The summed E-state index contributed by atoms with van der Waals surface area (Å²) in [4.78, 5) is 10.9. The standard InChI is InChI=1S/C51H39N4.Ir/c1-31-27-42-45(28-32(31)2)55-48(52-42)38-23-16-22-36(46(38)53-49(55)50(3,4)5)33-29-39-37-21-12-14-25-43(37)54-44-26-15-13-24-40(44)51(41(30-33)47(39)54,34-17-8-6-9-18-34)35-19-10-7-11-20-35;/h6-22,24-30H,1-5H3;/q-1;. The second kappa shape index (κ2) is 12.3. The Labute approximate surface area is 339 Å².